The van der Waals surface area contributed by atoms with Crippen molar-refractivity contribution in [1.82, 2.24) is 10.6 Å². The third-order valence-electron chi connectivity index (χ3n) is 6.43. The Kier molecular flexibility index (Phi) is 7.47. The van der Waals surface area contributed by atoms with Crippen LogP contribution in [-0.4, -0.2) is 55.5 Å². The van der Waals surface area contributed by atoms with Gasteiger partial charge in [-0.15, -0.1) is 0 Å². The van der Waals surface area contributed by atoms with Gasteiger partial charge in [0.25, 0.3) is 0 Å². The predicted molar refractivity (Wildman–Crippen MR) is 125 cm³/mol. The van der Waals surface area contributed by atoms with E-state index >= 15 is 0 Å². The molecule has 0 aromatic heterocycles. The van der Waals surface area contributed by atoms with Crippen LogP contribution >= 0.6 is 0 Å². The van der Waals surface area contributed by atoms with Gasteiger partial charge in [-0.05, 0) is 41.5 Å². The fourth-order valence-corrected chi connectivity index (χ4v) is 4.57. The second kappa shape index (κ2) is 10.7. The van der Waals surface area contributed by atoms with E-state index < -0.39 is 18.2 Å². The molecule has 3 N–H and O–H groups in total. The topological polar surface area (TPSA) is 114 Å². The maximum atomic E-state index is 12.4. The molecule has 1 saturated carbocycles. The van der Waals surface area contributed by atoms with Gasteiger partial charge in [0.15, 0.2) is 0 Å². The van der Waals surface area contributed by atoms with Crippen molar-refractivity contribution in [3.8, 4) is 11.1 Å². The molecular formula is C26H30N2O6. The number of carboxylic acid groups (broad SMARTS) is 1. The zero-order valence-corrected chi connectivity index (χ0v) is 19.2. The predicted octanol–water partition coefficient (Wildman–Crippen LogP) is 3.16. The summed E-state index contributed by atoms with van der Waals surface area (Å²) in [5.41, 5.74) is 4.60. The van der Waals surface area contributed by atoms with Crippen molar-refractivity contribution in [2.24, 2.45) is 11.8 Å². The summed E-state index contributed by atoms with van der Waals surface area (Å²) in [6, 6.07) is 16.3. The lowest BCUT2D eigenvalue weighted by Gasteiger charge is -2.18. The van der Waals surface area contributed by atoms with Gasteiger partial charge in [-0.1, -0.05) is 48.5 Å². The number of nitrogens with one attached hydrogen (secondary N) is 2. The number of aliphatic carboxylic acids is 1. The molecule has 2 aromatic rings. The Balaban J connectivity index is 1.24. The summed E-state index contributed by atoms with van der Waals surface area (Å²) in [5, 5.41) is 14.4. The second-order valence-corrected chi connectivity index (χ2v) is 8.73. The molecule has 3 atom stereocenters. The molecule has 8 nitrogen and oxygen atoms in total. The van der Waals surface area contributed by atoms with Crippen molar-refractivity contribution in [2.75, 3.05) is 26.3 Å². The lowest BCUT2D eigenvalue weighted by Crippen LogP contribution is -2.38. The van der Waals surface area contributed by atoms with Gasteiger partial charge in [0.2, 0.25) is 5.91 Å². The first-order valence-corrected chi connectivity index (χ1v) is 11.7. The molecule has 2 aliphatic carbocycles. The van der Waals surface area contributed by atoms with E-state index in [9.17, 15) is 14.4 Å². The maximum absolute atomic E-state index is 12.4. The zero-order valence-electron chi connectivity index (χ0n) is 19.2. The van der Waals surface area contributed by atoms with Gasteiger partial charge < -0.3 is 25.2 Å². The molecule has 1 unspecified atom stereocenters. The summed E-state index contributed by atoms with van der Waals surface area (Å²) >= 11 is 0. The number of hydrogen-bond acceptors (Lipinski definition) is 5. The Morgan fingerprint density at radius 2 is 1.68 bits per heavy atom. The molecule has 0 radical (unpaired) electrons. The monoisotopic (exact) mass is 466 g/mol. The van der Waals surface area contributed by atoms with E-state index in [0.717, 1.165) is 22.3 Å². The normalized spacial score (nSPS) is 19.0. The Bertz CT molecular complexity index is 1010. The number of carbonyl (C=O) groups is 3. The quantitative estimate of drug-likeness (QED) is 0.469. The van der Waals surface area contributed by atoms with Crippen molar-refractivity contribution in [3.63, 3.8) is 0 Å². The maximum Gasteiger partial charge on any atom is 0.407 e. The smallest absolute Gasteiger partial charge is 0.407 e. The largest absolute Gasteiger partial charge is 0.481 e. The molecule has 180 valence electrons. The summed E-state index contributed by atoms with van der Waals surface area (Å²) in [5.74, 6) is -1.45. The number of benzene rings is 2. The highest BCUT2D eigenvalue weighted by Gasteiger charge is 2.43. The average Bonchev–Trinajstić information content (AvgIpc) is 3.56. The standard InChI is InChI=1S/C26H30N2O6/c1-2-33-17(12-24(29)27-13-16-11-22(16)25(30)31)14-28-26(32)34-15-23-20-9-5-3-7-18(20)19-8-4-6-10-21(19)23/h3-10,16-17,22-23H,2,11-15H2,1H3,(H,27,29)(H,28,32)(H,30,31)/t16-,17?,22-/m0/s1. The van der Waals surface area contributed by atoms with Gasteiger partial charge in [-0.3, -0.25) is 9.59 Å². The van der Waals surface area contributed by atoms with Crippen molar-refractivity contribution in [3.05, 3.63) is 59.7 Å². The Labute approximate surface area is 198 Å². The minimum Gasteiger partial charge on any atom is -0.481 e. The SMILES string of the molecule is CCOC(CNC(=O)OCC1c2ccccc2-c2ccccc21)CC(=O)NC[C@@H]1C[C@@H]1C(=O)O. The molecule has 0 bridgehead atoms. The summed E-state index contributed by atoms with van der Waals surface area (Å²) in [7, 11) is 0. The van der Waals surface area contributed by atoms with E-state index in [-0.39, 0.29) is 43.2 Å². The van der Waals surface area contributed by atoms with Crippen LogP contribution in [0.3, 0.4) is 0 Å². The molecule has 0 aliphatic heterocycles. The van der Waals surface area contributed by atoms with Gasteiger partial charge in [0.1, 0.15) is 6.61 Å². The minimum absolute atomic E-state index is 0.00838. The lowest BCUT2D eigenvalue weighted by atomic mass is 9.98. The molecule has 34 heavy (non-hydrogen) atoms. The molecule has 2 aliphatic rings. The fraction of sp³-hybridized carbons (Fsp3) is 0.423. The lowest BCUT2D eigenvalue weighted by molar-refractivity contribution is -0.139. The van der Waals surface area contributed by atoms with Crippen LogP contribution in [0.2, 0.25) is 0 Å². The van der Waals surface area contributed by atoms with E-state index in [1.807, 2.05) is 31.2 Å². The van der Waals surface area contributed by atoms with Crippen LogP contribution in [0.4, 0.5) is 4.79 Å². The number of carbonyl (C=O) groups excluding carboxylic acids is 2. The molecule has 2 aromatic carbocycles. The minimum atomic E-state index is -0.821. The van der Waals surface area contributed by atoms with Gasteiger partial charge >= 0.3 is 12.1 Å². The highest BCUT2D eigenvalue weighted by atomic mass is 16.5. The van der Waals surface area contributed by atoms with Crippen molar-refractivity contribution in [1.29, 1.82) is 0 Å². The number of amides is 2. The third kappa shape index (κ3) is 5.56. The highest BCUT2D eigenvalue weighted by Crippen LogP contribution is 2.44. The van der Waals surface area contributed by atoms with Crippen LogP contribution in [0.5, 0.6) is 0 Å². The molecule has 1 fully saturated rings. The first kappa shape index (κ1) is 23.8. The fourth-order valence-electron chi connectivity index (χ4n) is 4.57. The zero-order chi connectivity index (χ0) is 24.1. The molecule has 4 rings (SSSR count). The van der Waals surface area contributed by atoms with Gasteiger partial charge in [0, 0.05) is 25.6 Å². The molecular weight excluding hydrogens is 436 g/mol. The first-order chi connectivity index (χ1) is 16.5. The van der Waals surface area contributed by atoms with E-state index in [2.05, 4.69) is 34.9 Å². The third-order valence-corrected chi connectivity index (χ3v) is 6.43. The first-order valence-electron chi connectivity index (χ1n) is 11.7. The van der Waals surface area contributed by atoms with Crippen LogP contribution in [0.1, 0.15) is 36.8 Å². The molecule has 2 amide bonds. The number of carboxylic acids is 1. The number of ether oxygens (including phenoxy) is 2. The second-order valence-electron chi connectivity index (χ2n) is 8.73. The van der Waals surface area contributed by atoms with Crippen molar-refractivity contribution in [2.45, 2.75) is 31.8 Å². The summed E-state index contributed by atoms with van der Waals surface area (Å²) < 4.78 is 11.1. The molecule has 0 saturated heterocycles. The number of alkyl carbamates (subject to hydrolysis) is 1. The number of hydrogen-bond donors (Lipinski definition) is 3. The Morgan fingerprint density at radius 3 is 2.26 bits per heavy atom. The summed E-state index contributed by atoms with van der Waals surface area (Å²) in [6.07, 6.45) is -0.398. The summed E-state index contributed by atoms with van der Waals surface area (Å²) in [6.45, 7) is 2.91. The highest BCUT2D eigenvalue weighted by molar-refractivity contribution is 5.79. The van der Waals surface area contributed by atoms with Crippen LogP contribution in [0.15, 0.2) is 48.5 Å². The van der Waals surface area contributed by atoms with E-state index in [1.165, 1.54) is 0 Å². The van der Waals surface area contributed by atoms with Crippen LogP contribution < -0.4 is 10.6 Å². The van der Waals surface area contributed by atoms with Gasteiger partial charge in [-0.25, -0.2) is 4.79 Å². The number of rotatable bonds is 11. The van der Waals surface area contributed by atoms with E-state index in [1.54, 1.807) is 0 Å². The van der Waals surface area contributed by atoms with Crippen LogP contribution in [-0.2, 0) is 19.1 Å². The Morgan fingerprint density at radius 1 is 1.03 bits per heavy atom. The average molecular weight is 467 g/mol. The molecule has 0 spiro atoms. The number of fused-ring (bicyclic) bond motifs is 3. The van der Waals surface area contributed by atoms with Crippen molar-refractivity contribution >= 4 is 18.0 Å². The molecule has 8 heteroatoms. The molecule has 0 heterocycles. The van der Waals surface area contributed by atoms with Gasteiger partial charge in [0.05, 0.1) is 18.4 Å². The van der Waals surface area contributed by atoms with Crippen LogP contribution in [0, 0.1) is 11.8 Å². The Hall–Kier alpha value is -3.39. The van der Waals surface area contributed by atoms with E-state index in [4.69, 9.17) is 14.6 Å². The van der Waals surface area contributed by atoms with E-state index in [0.29, 0.717) is 19.6 Å². The summed E-state index contributed by atoms with van der Waals surface area (Å²) in [4.78, 5) is 35.5. The van der Waals surface area contributed by atoms with Gasteiger partial charge in [-0.2, -0.15) is 0 Å². The van der Waals surface area contributed by atoms with Crippen molar-refractivity contribution < 1.29 is 29.0 Å². The van der Waals surface area contributed by atoms with Crippen LogP contribution in [0.25, 0.3) is 11.1 Å².